The van der Waals surface area contributed by atoms with Gasteiger partial charge in [-0.3, -0.25) is 33.6 Å². The zero-order chi connectivity index (χ0) is 36.2. The Balaban J connectivity index is 2.53. The first kappa shape index (κ1) is 39.1. The van der Waals surface area contributed by atoms with E-state index in [2.05, 4.69) is 15.4 Å². The predicted octanol–water partition coefficient (Wildman–Crippen LogP) is -1.24. The van der Waals surface area contributed by atoms with Crippen LogP contribution in [-0.4, -0.2) is 109 Å². The highest BCUT2D eigenvalue weighted by Gasteiger charge is 2.57. The van der Waals surface area contributed by atoms with E-state index in [4.69, 9.17) is 28.4 Å². The quantitative estimate of drug-likeness (QED) is 0.118. The van der Waals surface area contributed by atoms with Gasteiger partial charge in [-0.15, -0.1) is 0 Å². The Hall–Kier alpha value is -5.10. The van der Waals surface area contributed by atoms with Crippen molar-refractivity contribution in [2.24, 2.45) is 0 Å². The minimum atomic E-state index is -2.86. The Bertz CT molecular complexity index is 1400. The molecule has 48 heavy (non-hydrogen) atoms. The van der Waals surface area contributed by atoms with Crippen molar-refractivity contribution in [2.45, 2.75) is 83.7 Å². The number of carbonyl (C=O) groups is 8. The zero-order valence-corrected chi connectivity index (χ0v) is 27.1. The molecule has 1 aromatic rings. The number of aliphatic hydroxyl groups is 1. The first-order chi connectivity index (χ1) is 22.4. The molecule has 1 aliphatic heterocycles. The molecule has 0 unspecified atom stereocenters. The van der Waals surface area contributed by atoms with Crippen LogP contribution in [0.2, 0.25) is 0 Å². The Morgan fingerprint density at radius 1 is 0.917 bits per heavy atom. The molecule has 6 atom stereocenters. The molecule has 1 saturated heterocycles. The fourth-order valence-electron chi connectivity index (χ4n) is 4.75. The molecule has 1 aliphatic rings. The molecule has 2 amide bonds. The van der Waals surface area contributed by atoms with Gasteiger partial charge in [-0.05, 0) is 17.7 Å². The molecule has 2 rings (SSSR count). The number of carbonyl (C=O) groups excluding carboxylic acids is 8. The summed E-state index contributed by atoms with van der Waals surface area (Å²) in [4.78, 5) is 97.7. The highest BCUT2D eigenvalue weighted by atomic mass is 16.7. The van der Waals surface area contributed by atoms with E-state index >= 15 is 0 Å². The van der Waals surface area contributed by atoms with E-state index in [9.17, 15) is 43.5 Å². The van der Waals surface area contributed by atoms with Crippen LogP contribution in [0.5, 0.6) is 5.75 Å². The first-order valence-corrected chi connectivity index (χ1v) is 14.4. The average Bonchev–Trinajstić information content (AvgIpc) is 2.97. The Morgan fingerprint density at radius 3 is 2.15 bits per heavy atom. The van der Waals surface area contributed by atoms with Crippen LogP contribution in [0.25, 0.3) is 0 Å². The number of esters is 6. The maximum absolute atomic E-state index is 12.9. The summed E-state index contributed by atoms with van der Waals surface area (Å²) in [6.45, 7) is 3.87. The topological polar surface area (TPSA) is 245 Å². The monoisotopic (exact) mass is 682 g/mol. The Kier molecular flexibility index (Phi) is 14.4. The summed E-state index contributed by atoms with van der Waals surface area (Å²) in [5.74, 6) is -9.82. The van der Waals surface area contributed by atoms with Crippen molar-refractivity contribution in [2.75, 3.05) is 20.3 Å². The normalized spacial score (nSPS) is 21.3. The predicted molar refractivity (Wildman–Crippen MR) is 156 cm³/mol. The molecule has 264 valence electrons. The molecule has 0 spiro atoms. The molecule has 0 aromatic heterocycles. The van der Waals surface area contributed by atoms with Gasteiger partial charge in [0.05, 0.1) is 32.5 Å². The Morgan fingerprint density at radius 2 is 1.58 bits per heavy atom. The molecule has 18 heteroatoms. The third-order valence-corrected chi connectivity index (χ3v) is 6.45. The van der Waals surface area contributed by atoms with Crippen LogP contribution in [0.1, 0.15) is 46.6 Å². The summed E-state index contributed by atoms with van der Waals surface area (Å²) in [6, 6.07) is 4.54. The zero-order valence-electron chi connectivity index (χ0n) is 27.1. The number of methoxy groups -OCH3 is 1. The second kappa shape index (κ2) is 17.7. The van der Waals surface area contributed by atoms with E-state index in [1.165, 1.54) is 19.1 Å². The fourth-order valence-corrected chi connectivity index (χ4v) is 4.75. The highest BCUT2D eigenvalue weighted by molar-refractivity contribution is 5.81. The number of amides is 2. The van der Waals surface area contributed by atoms with Gasteiger partial charge >= 0.3 is 35.8 Å². The summed E-state index contributed by atoms with van der Waals surface area (Å²) in [5, 5.41) is 16.1. The van der Waals surface area contributed by atoms with Crippen LogP contribution >= 0.6 is 0 Å². The van der Waals surface area contributed by atoms with Gasteiger partial charge in [0.1, 0.15) is 18.0 Å². The SMILES string of the molecule is COC(=O)[C@]1(O)C[C@H](OC(C)=O)[C@@H](NC(=O)COC(C)=O)[C@H]([C@H](OC(C)=O)[C@@H](CNC(=O)Cc2cccc(OC(C)=O)c2)OC(C)=O)O1. The molecule has 0 aliphatic carbocycles. The second-order valence-electron chi connectivity index (χ2n) is 10.5. The van der Waals surface area contributed by atoms with Crippen molar-refractivity contribution in [1.82, 2.24) is 10.6 Å². The number of rotatable bonds is 14. The van der Waals surface area contributed by atoms with Crippen LogP contribution in [0.4, 0.5) is 0 Å². The van der Waals surface area contributed by atoms with Gasteiger partial charge in [0.25, 0.3) is 11.7 Å². The van der Waals surface area contributed by atoms with E-state index < -0.39 is 103 Å². The lowest BCUT2D eigenvalue weighted by Crippen LogP contribution is -2.69. The molecule has 0 radical (unpaired) electrons. The lowest BCUT2D eigenvalue weighted by Gasteiger charge is -2.47. The van der Waals surface area contributed by atoms with Crippen LogP contribution in [-0.2, 0) is 73.2 Å². The van der Waals surface area contributed by atoms with Crippen molar-refractivity contribution in [3.8, 4) is 5.75 Å². The molecular weight excluding hydrogens is 644 g/mol. The number of hydrogen-bond donors (Lipinski definition) is 3. The number of nitrogens with one attached hydrogen (secondary N) is 2. The lowest BCUT2D eigenvalue weighted by molar-refractivity contribution is -0.298. The maximum Gasteiger partial charge on any atom is 0.366 e. The van der Waals surface area contributed by atoms with Crippen LogP contribution in [0.15, 0.2) is 24.3 Å². The Labute approximate surface area is 274 Å². The first-order valence-electron chi connectivity index (χ1n) is 14.4. The average molecular weight is 683 g/mol. The summed E-state index contributed by atoms with van der Waals surface area (Å²) in [6.07, 6.45) is -7.87. The van der Waals surface area contributed by atoms with Gasteiger partial charge < -0.3 is 48.9 Å². The van der Waals surface area contributed by atoms with E-state index in [0.29, 0.717) is 5.56 Å². The van der Waals surface area contributed by atoms with Crippen molar-refractivity contribution in [1.29, 1.82) is 0 Å². The standard InChI is InChI=1S/C30H38N2O16/c1-15(33)43-14-25(39)32-26-22(45-17(3)35)12-30(41,29(40)42-6)48-28(26)27(47-19(5)37)23(46-18(4)36)13-31-24(38)11-20-8-7-9-21(10-20)44-16(2)34/h7-10,22-23,26-28,41H,11-14H2,1-6H3,(H,31,38)(H,32,39)/t22-,23+,26+,27+,28+,30-/m0/s1. The van der Waals surface area contributed by atoms with Crippen LogP contribution in [0.3, 0.4) is 0 Å². The molecular formula is C30H38N2O16. The largest absolute Gasteiger partial charge is 0.465 e. The summed E-state index contributed by atoms with van der Waals surface area (Å²) < 4.78 is 36.2. The van der Waals surface area contributed by atoms with Gasteiger partial charge in [0.2, 0.25) is 5.91 Å². The highest BCUT2D eigenvalue weighted by Crippen LogP contribution is 2.34. The molecule has 0 bridgehead atoms. The minimum absolute atomic E-state index is 0.192. The van der Waals surface area contributed by atoms with Gasteiger partial charge in [0.15, 0.2) is 18.8 Å². The summed E-state index contributed by atoms with van der Waals surface area (Å²) in [5.41, 5.74) is 0.436. The summed E-state index contributed by atoms with van der Waals surface area (Å²) >= 11 is 0. The van der Waals surface area contributed by atoms with E-state index in [1.807, 2.05) is 0 Å². The van der Waals surface area contributed by atoms with E-state index in [0.717, 1.165) is 34.8 Å². The van der Waals surface area contributed by atoms with Crippen LogP contribution < -0.4 is 15.4 Å². The molecule has 3 N–H and O–H groups in total. The van der Waals surface area contributed by atoms with Gasteiger partial charge in [0, 0.05) is 34.6 Å². The second-order valence-corrected chi connectivity index (χ2v) is 10.5. The number of hydrogen-bond acceptors (Lipinski definition) is 16. The molecule has 1 fully saturated rings. The van der Waals surface area contributed by atoms with Crippen molar-refractivity contribution in [3.63, 3.8) is 0 Å². The lowest BCUT2D eigenvalue weighted by atomic mass is 9.88. The van der Waals surface area contributed by atoms with Gasteiger partial charge in [-0.2, -0.15) is 0 Å². The van der Waals surface area contributed by atoms with Crippen molar-refractivity contribution in [3.05, 3.63) is 29.8 Å². The number of ether oxygens (including phenoxy) is 7. The third kappa shape index (κ3) is 12.3. The fraction of sp³-hybridized carbons (Fsp3) is 0.533. The molecule has 0 saturated carbocycles. The smallest absolute Gasteiger partial charge is 0.366 e. The van der Waals surface area contributed by atoms with Gasteiger partial charge in [-0.25, -0.2) is 4.79 Å². The van der Waals surface area contributed by atoms with Crippen molar-refractivity contribution >= 4 is 47.6 Å². The molecule has 1 heterocycles. The van der Waals surface area contributed by atoms with Crippen molar-refractivity contribution < 1.29 is 76.6 Å². The minimum Gasteiger partial charge on any atom is -0.465 e. The van der Waals surface area contributed by atoms with Crippen LogP contribution in [0, 0.1) is 0 Å². The molecule has 18 nitrogen and oxygen atoms in total. The third-order valence-electron chi connectivity index (χ3n) is 6.45. The maximum atomic E-state index is 12.9. The van der Waals surface area contributed by atoms with E-state index in [-0.39, 0.29) is 12.2 Å². The van der Waals surface area contributed by atoms with E-state index in [1.54, 1.807) is 12.1 Å². The summed E-state index contributed by atoms with van der Waals surface area (Å²) in [7, 11) is 0.926. The molecule has 1 aromatic carbocycles. The van der Waals surface area contributed by atoms with Gasteiger partial charge in [-0.1, -0.05) is 12.1 Å². The number of benzene rings is 1.